The van der Waals surface area contributed by atoms with Gasteiger partial charge in [-0.15, -0.1) is 0 Å². The molecule has 0 unspecified atom stereocenters. The number of hydrogen-bond acceptors (Lipinski definition) is 5. The summed E-state index contributed by atoms with van der Waals surface area (Å²) in [7, 11) is 0. The van der Waals surface area contributed by atoms with Crippen molar-refractivity contribution in [3.63, 3.8) is 0 Å². The highest BCUT2D eigenvalue weighted by Gasteiger charge is 2.01. The lowest BCUT2D eigenvalue weighted by molar-refractivity contribution is 0.249. The number of carbonyl (C=O) groups is 1. The summed E-state index contributed by atoms with van der Waals surface area (Å²) in [5.41, 5.74) is 4.96. The molecular formula is C11H20N6O. The van der Waals surface area contributed by atoms with Crippen LogP contribution in [0.5, 0.6) is 0 Å². The third kappa shape index (κ3) is 5.33. The summed E-state index contributed by atoms with van der Waals surface area (Å²) in [6, 6.07) is 1.31. The van der Waals surface area contributed by atoms with Crippen LogP contribution in [0, 0.1) is 6.92 Å². The zero-order valence-electron chi connectivity index (χ0n) is 10.8. The highest BCUT2D eigenvalue weighted by atomic mass is 16.2. The van der Waals surface area contributed by atoms with Gasteiger partial charge in [0.05, 0.1) is 0 Å². The third-order valence-electron chi connectivity index (χ3n) is 2.12. The monoisotopic (exact) mass is 252 g/mol. The molecule has 1 heterocycles. The van der Waals surface area contributed by atoms with E-state index in [2.05, 4.69) is 32.8 Å². The molecule has 1 aromatic heterocycles. The molecule has 0 saturated carbocycles. The van der Waals surface area contributed by atoms with Gasteiger partial charge in [0, 0.05) is 25.7 Å². The molecule has 0 aliphatic heterocycles. The number of nitrogens with one attached hydrogen (secondary N) is 3. The van der Waals surface area contributed by atoms with Gasteiger partial charge in [0.2, 0.25) is 0 Å². The maximum atomic E-state index is 10.5. The lowest BCUT2D eigenvalue weighted by atomic mass is 10.4. The molecule has 5 N–H and O–H groups in total. The zero-order chi connectivity index (χ0) is 13.4. The number of rotatable bonds is 7. The molecule has 0 saturated heterocycles. The number of amides is 2. The predicted octanol–water partition coefficient (Wildman–Crippen LogP) is 0.687. The van der Waals surface area contributed by atoms with Crippen molar-refractivity contribution >= 4 is 17.7 Å². The van der Waals surface area contributed by atoms with E-state index in [0.717, 1.165) is 24.6 Å². The average Bonchev–Trinajstić information content (AvgIpc) is 2.31. The molecule has 1 rings (SSSR count). The molecule has 7 heteroatoms. The van der Waals surface area contributed by atoms with Crippen LogP contribution in [-0.4, -0.2) is 35.6 Å². The quantitative estimate of drug-likeness (QED) is 0.534. The first kappa shape index (κ1) is 14.0. The number of urea groups is 1. The Balaban J connectivity index is 2.48. The Morgan fingerprint density at radius 1 is 1.22 bits per heavy atom. The van der Waals surface area contributed by atoms with Crippen molar-refractivity contribution in [1.82, 2.24) is 15.3 Å². The van der Waals surface area contributed by atoms with E-state index in [4.69, 9.17) is 5.73 Å². The fraction of sp³-hybridized carbons (Fsp3) is 0.545. The van der Waals surface area contributed by atoms with Crippen molar-refractivity contribution in [2.24, 2.45) is 5.73 Å². The second kappa shape index (κ2) is 7.31. The SMILES string of the molecule is CCCNc1cc(NCCNC(N)=O)nc(C)n1. The number of aromatic nitrogens is 2. The first-order valence-corrected chi connectivity index (χ1v) is 5.98. The fourth-order valence-corrected chi connectivity index (χ4v) is 1.38. The highest BCUT2D eigenvalue weighted by Crippen LogP contribution is 2.10. The lowest BCUT2D eigenvalue weighted by Gasteiger charge is -2.09. The van der Waals surface area contributed by atoms with E-state index < -0.39 is 6.03 Å². The van der Waals surface area contributed by atoms with Crippen molar-refractivity contribution in [2.45, 2.75) is 20.3 Å². The predicted molar refractivity (Wildman–Crippen MR) is 71.6 cm³/mol. The van der Waals surface area contributed by atoms with Crippen LogP contribution in [-0.2, 0) is 0 Å². The van der Waals surface area contributed by atoms with E-state index in [1.165, 1.54) is 0 Å². The van der Waals surface area contributed by atoms with Crippen LogP contribution in [0.1, 0.15) is 19.2 Å². The van der Waals surface area contributed by atoms with E-state index in [0.29, 0.717) is 18.9 Å². The zero-order valence-corrected chi connectivity index (χ0v) is 10.8. The molecule has 18 heavy (non-hydrogen) atoms. The first-order valence-electron chi connectivity index (χ1n) is 5.98. The van der Waals surface area contributed by atoms with Gasteiger partial charge in [0.15, 0.2) is 0 Å². The minimum absolute atomic E-state index is 0.454. The molecule has 2 amide bonds. The summed E-state index contributed by atoms with van der Waals surface area (Å²) in [6.07, 6.45) is 1.04. The Morgan fingerprint density at radius 2 is 1.83 bits per heavy atom. The second-order valence-corrected chi connectivity index (χ2v) is 3.83. The largest absolute Gasteiger partial charge is 0.370 e. The highest BCUT2D eigenvalue weighted by molar-refractivity contribution is 5.71. The smallest absolute Gasteiger partial charge is 0.312 e. The maximum absolute atomic E-state index is 10.5. The minimum Gasteiger partial charge on any atom is -0.370 e. The van der Waals surface area contributed by atoms with Gasteiger partial charge >= 0.3 is 6.03 Å². The number of anilines is 2. The molecule has 0 spiro atoms. The van der Waals surface area contributed by atoms with Crippen LogP contribution in [0.25, 0.3) is 0 Å². The van der Waals surface area contributed by atoms with Gasteiger partial charge in [-0.3, -0.25) is 0 Å². The van der Waals surface area contributed by atoms with E-state index in [-0.39, 0.29) is 0 Å². The van der Waals surface area contributed by atoms with E-state index >= 15 is 0 Å². The van der Waals surface area contributed by atoms with Crippen molar-refractivity contribution in [3.8, 4) is 0 Å². The summed E-state index contributed by atoms with van der Waals surface area (Å²) in [4.78, 5) is 19.0. The standard InChI is InChI=1S/C11H20N6O/c1-3-4-13-9-7-10(17-8(2)16-9)14-5-6-15-11(12)18/h7H,3-6H2,1-2H3,(H3,12,15,18)(H2,13,14,16,17). The number of carbonyl (C=O) groups excluding carboxylic acids is 1. The summed E-state index contributed by atoms with van der Waals surface area (Å²) in [6.45, 7) is 5.82. The van der Waals surface area contributed by atoms with Gasteiger partial charge < -0.3 is 21.7 Å². The van der Waals surface area contributed by atoms with Crippen molar-refractivity contribution < 1.29 is 4.79 Å². The maximum Gasteiger partial charge on any atom is 0.312 e. The van der Waals surface area contributed by atoms with Gasteiger partial charge in [-0.05, 0) is 13.3 Å². The molecular weight excluding hydrogens is 232 g/mol. The Labute approximate surface area is 107 Å². The van der Waals surface area contributed by atoms with E-state index in [1.54, 1.807) is 0 Å². The van der Waals surface area contributed by atoms with E-state index in [1.807, 2.05) is 13.0 Å². The Kier molecular flexibility index (Phi) is 5.69. The normalized spacial score (nSPS) is 9.89. The lowest BCUT2D eigenvalue weighted by Crippen LogP contribution is -2.33. The van der Waals surface area contributed by atoms with Gasteiger partial charge in [-0.25, -0.2) is 14.8 Å². The van der Waals surface area contributed by atoms with Crippen molar-refractivity contribution in [2.75, 3.05) is 30.3 Å². The molecule has 1 aromatic rings. The van der Waals surface area contributed by atoms with Crippen LogP contribution in [0.2, 0.25) is 0 Å². The van der Waals surface area contributed by atoms with Gasteiger partial charge in [0.25, 0.3) is 0 Å². The Morgan fingerprint density at radius 3 is 2.39 bits per heavy atom. The Hall–Kier alpha value is -2.05. The fourth-order valence-electron chi connectivity index (χ4n) is 1.38. The molecule has 7 nitrogen and oxygen atoms in total. The minimum atomic E-state index is -0.527. The number of aryl methyl sites for hydroxylation is 1. The number of hydrogen-bond donors (Lipinski definition) is 4. The van der Waals surface area contributed by atoms with Crippen LogP contribution >= 0.6 is 0 Å². The van der Waals surface area contributed by atoms with Crippen molar-refractivity contribution in [3.05, 3.63) is 11.9 Å². The number of nitrogens with zero attached hydrogens (tertiary/aromatic N) is 2. The summed E-state index contributed by atoms with van der Waals surface area (Å²) < 4.78 is 0. The van der Waals surface area contributed by atoms with Gasteiger partial charge in [-0.2, -0.15) is 0 Å². The molecule has 0 radical (unpaired) electrons. The van der Waals surface area contributed by atoms with Gasteiger partial charge in [-0.1, -0.05) is 6.92 Å². The molecule has 0 aromatic carbocycles. The molecule has 0 atom stereocenters. The Bertz CT molecular complexity index is 395. The first-order chi connectivity index (χ1) is 8.61. The summed E-state index contributed by atoms with van der Waals surface area (Å²) >= 11 is 0. The molecule has 100 valence electrons. The molecule has 0 aliphatic rings. The number of primary amides is 1. The summed E-state index contributed by atoms with van der Waals surface area (Å²) in [5, 5.41) is 8.80. The van der Waals surface area contributed by atoms with Crippen molar-refractivity contribution in [1.29, 1.82) is 0 Å². The second-order valence-electron chi connectivity index (χ2n) is 3.83. The third-order valence-corrected chi connectivity index (χ3v) is 2.12. The molecule has 0 bridgehead atoms. The average molecular weight is 252 g/mol. The van der Waals surface area contributed by atoms with Crippen LogP contribution in [0.4, 0.5) is 16.4 Å². The summed E-state index contributed by atoms with van der Waals surface area (Å²) in [5.74, 6) is 2.23. The molecule has 0 fully saturated rings. The van der Waals surface area contributed by atoms with Crippen LogP contribution < -0.4 is 21.7 Å². The van der Waals surface area contributed by atoms with Gasteiger partial charge in [0.1, 0.15) is 17.5 Å². The molecule has 0 aliphatic carbocycles. The number of nitrogens with two attached hydrogens (primary N) is 1. The topological polar surface area (TPSA) is 105 Å². The van der Waals surface area contributed by atoms with Crippen LogP contribution in [0.15, 0.2) is 6.07 Å². The van der Waals surface area contributed by atoms with Crippen LogP contribution in [0.3, 0.4) is 0 Å². The van der Waals surface area contributed by atoms with E-state index in [9.17, 15) is 4.79 Å².